The van der Waals surface area contributed by atoms with Gasteiger partial charge in [0.25, 0.3) is 0 Å². The van der Waals surface area contributed by atoms with E-state index in [-0.39, 0.29) is 34.6 Å². The maximum Gasteiger partial charge on any atom is 0.335 e. The van der Waals surface area contributed by atoms with E-state index in [4.69, 9.17) is 33.7 Å². The minimum absolute atomic E-state index is 0.0642. The van der Waals surface area contributed by atoms with Crippen LogP contribution in [0.25, 0.3) is 0 Å². The van der Waals surface area contributed by atoms with Crippen molar-refractivity contribution in [2.45, 2.75) is 76.3 Å². The summed E-state index contributed by atoms with van der Waals surface area (Å²) in [5, 5.41) is 17.6. The van der Waals surface area contributed by atoms with E-state index in [0.29, 0.717) is 28.8 Å². The number of hydrogen-bond acceptors (Lipinski definition) is 6. The second-order valence-electron chi connectivity index (χ2n) is 14.0. The Balaban J connectivity index is 1.63. The number of halogens is 2. The molecule has 0 unspecified atom stereocenters. The zero-order valence-corrected chi connectivity index (χ0v) is 29.1. The Morgan fingerprint density at radius 1 is 1.06 bits per heavy atom. The van der Waals surface area contributed by atoms with Gasteiger partial charge in [0.05, 0.1) is 24.4 Å². The number of amides is 1. The molecule has 1 fully saturated rings. The Bertz CT molecular complexity index is 1610. The fourth-order valence-corrected chi connectivity index (χ4v) is 8.01. The summed E-state index contributed by atoms with van der Waals surface area (Å²) in [6, 6.07) is 17.6. The summed E-state index contributed by atoms with van der Waals surface area (Å²) >= 11 is 13.8. The first-order chi connectivity index (χ1) is 22.4. The van der Waals surface area contributed by atoms with Crippen LogP contribution in [0.4, 0.5) is 11.4 Å². The first kappa shape index (κ1) is 35.0. The Labute approximate surface area is 288 Å². The van der Waals surface area contributed by atoms with Crippen molar-refractivity contribution in [3.63, 3.8) is 0 Å². The fourth-order valence-electron chi connectivity index (χ4n) is 7.59. The Morgan fingerprint density at radius 2 is 1.81 bits per heavy atom. The molecule has 3 aromatic carbocycles. The maximum absolute atomic E-state index is 14.5. The van der Waals surface area contributed by atoms with E-state index in [9.17, 15) is 14.7 Å². The third-order valence-corrected chi connectivity index (χ3v) is 10.2. The number of nitrogens with one attached hydrogen (secondary N) is 2. The van der Waals surface area contributed by atoms with Crippen LogP contribution in [0.2, 0.25) is 10.0 Å². The molecule has 1 spiro atoms. The third-order valence-electron chi connectivity index (χ3n) is 9.57. The van der Waals surface area contributed by atoms with Crippen LogP contribution in [-0.2, 0) is 10.2 Å². The van der Waals surface area contributed by atoms with Crippen molar-refractivity contribution in [3.8, 4) is 5.75 Å². The average Bonchev–Trinajstić information content (AvgIpc) is 3.50. The molecule has 4 atom stereocenters. The highest BCUT2D eigenvalue weighted by molar-refractivity contribution is 6.31. The van der Waals surface area contributed by atoms with Crippen LogP contribution in [0.5, 0.6) is 5.75 Å². The van der Waals surface area contributed by atoms with E-state index < -0.39 is 17.4 Å². The molecule has 2 aliphatic heterocycles. The topological polar surface area (TPSA) is 117 Å². The number of benzene rings is 3. The van der Waals surface area contributed by atoms with Crippen LogP contribution in [0.3, 0.4) is 0 Å². The van der Waals surface area contributed by atoms with Crippen LogP contribution in [-0.4, -0.2) is 55.8 Å². The summed E-state index contributed by atoms with van der Waals surface area (Å²) in [6.45, 7) is 8.94. The Morgan fingerprint density at radius 3 is 2.49 bits per heavy atom. The van der Waals surface area contributed by atoms with E-state index in [0.717, 1.165) is 55.5 Å². The standard InChI is InChI=1S/C37H46Cl2N4O4/c1-36(2,3)21-31-37(22-43(18-10-6-5-9-17-40)29-16-14-24(38)20-26(29)37)32(25-11-7-8-12-27(25)39)33(42-31)34(44)41-28-15-13-23(35(45)46)19-30(28)47-4/h7-8,11-16,19-20,31-33,42H,5-6,9-10,17-18,21-22,40H2,1-4H3,(H,41,44)(H,45,46)/t31-,32-,33+,37-/m0/s1. The van der Waals surface area contributed by atoms with Gasteiger partial charge in [-0.1, -0.05) is 75.0 Å². The number of carboxylic acid groups (broad SMARTS) is 1. The van der Waals surface area contributed by atoms with Gasteiger partial charge in [-0.25, -0.2) is 4.79 Å². The van der Waals surface area contributed by atoms with Crippen LogP contribution in [0, 0.1) is 5.41 Å². The molecular weight excluding hydrogens is 635 g/mol. The van der Waals surface area contributed by atoms with Gasteiger partial charge in [0.2, 0.25) is 5.91 Å². The molecule has 0 radical (unpaired) electrons. The smallest absolute Gasteiger partial charge is 0.335 e. The van der Waals surface area contributed by atoms with Crippen molar-refractivity contribution in [3.05, 3.63) is 87.4 Å². The average molecular weight is 682 g/mol. The van der Waals surface area contributed by atoms with E-state index in [2.05, 4.69) is 48.4 Å². The van der Waals surface area contributed by atoms with Gasteiger partial charge >= 0.3 is 5.97 Å². The van der Waals surface area contributed by atoms with Crippen LogP contribution < -0.4 is 26.0 Å². The normalized spacial score (nSPS) is 22.0. The zero-order valence-electron chi connectivity index (χ0n) is 27.6. The molecule has 0 aliphatic carbocycles. The first-order valence-corrected chi connectivity index (χ1v) is 17.1. The number of ether oxygens (including phenoxy) is 1. The number of carbonyl (C=O) groups is 2. The number of unbranched alkanes of at least 4 members (excludes halogenated alkanes) is 3. The number of nitrogens with two attached hydrogens (primary N) is 1. The van der Waals surface area contributed by atoms with Crippen LogP contribution in [0.1, 0.15) is 80.3 Å². The molecule has 47 heavy (non-hydrogen) atoms. The summed E-state index contributed by atoms with van der Waals surface area (Å²) in [7, 11) is 1.45. The Kier molecular flexibility index (Phi) is 10.8. The number of nitrogens with zero attached hydrogens (tertiary/aromatic N) is 1. The van der Waals surface area contributed by atoms with E-state index in [1.54, 1.807) is 6.07 Å². The van der Waals surface area contributed by atoms with Crippen molar-refractivity contribution < 1.29 is 19.4 Å². The second kappa shape index (κ2) is 14.4. The van der Waals surface area contributed by atoms with Crippen LogP contribution >= 0.6 is 23.2 Å². The minimum atomic E-state index is -1.08. The van der Waals surface area contributed by atoms with Crippen molar-refractivity contribution in [2.24, 2.45) is 11.1 Å². The molecule has 3 aromatic rings. The summed E-state index contributed by atoms with van der Waals surface area (Å²) in [6.07, 6.45) is 5.03. The molecule has 2 aliphatic rings. The first-order valence-electron chi connectivity index (χ1n) is 16.4. The highest BCUT2D eigenvalue weighted by Crippen LogP contribution is 2.58. The fraction of sp³-hybridized carbons (Fsp3) is 0.459. The predicted octanol–water partition coefficient (Wildman–Crippen LogP) is 7.48. The molecule has 10 heteroatoms. The Hall–Kier alpha value is -3.30. The van der Waals surface area contributed by atoms with Gasteiger partial charge in [-0.15, -0.1) is 0 Å². The third kappa shape index (κ3) is 7.26. The largest absolute Gasteiger partial charge is 0.495 e. The van der Waals surface area contributed by atoms with Gasteiger partial charge in [-0.2, -0.15) is 0 Å². The number of carbonyl (C=O) groups excluding carboxylic acids is 1. The number of aromatic carboxylic acids is 1. The molecule has 8 nitrogen and oxygen atoms in total. The van der Waals surface area contributed by atoms with Crippen molar-refractivity contribution in [1.82, 2.24) is 5.32 Å². The molecule has 0 saturated carbocycles. The summed E-state index contributed by atoms with van der Waals surface area (Å²) < 4.78 is 5.50. The van der Waals surface area contributed by atoms with E-state index in [1.165, 1.54) is 19.2 Å². The van der Waals surface area contributed by atoms with Gasteiger partial charge < -0.3 is 31.1 Å². The lowest BCUT2D eigenvalue weighted by Gasteiger charge is -2.40. The number of carboxylic acids is 1. The molecule has 2 heterocycles. The summed E-state index contributed by atoms with van der Waals surface area (Å²) in [4.78, 5) is 28.6. The molecule has 0 bridgehead atoms. The summed E-state index contributed by atoms with van der Waals surface area (Å²) in [5.74, 6) is -1.42. The van der Waals surface area contributed by atoms with Crippen molar-refractivity contribution in [2.75, 3.05) is 37.0 Å². The van der Waals surface area contributed by atoms with Gasteiger partial charge in [0.1, 0.15) is 5.75 Å². The monoisotopic (exact) mass is 680 g/mol. The maximum atomic E-state index is 14.5. The minimum Gasteiger partial charge on any atom is -0.495 e. The number of anilines is 2. The second-order valence-corrected chi connectivity index (χ2v) is 14.8. The zero-order chi connectivity index (χ0) is 33.9. The van der Waals surface area contributed by atoms with Gasteiger partial charge in [-0.05, 0) is 84.8 Å². The molecule has 1 saturated heterocycles. The van der Waals surface area contributed by atoms with E-state index >= 15 is 0 Å². The molecular formula is C37H46Cl2N4O4. The number of methoxy groups -OCH3 is 1. The summed E-state index contributed by atoms with van der Waals surface area (Å²) in [5.41, 5.74) is 8.76. The van der Waals surface area contributed by atoms with Crippen LogP contribution in [0.15, 0.2) is 60.7 Å². The highest BCUT2D eigenvalue weighted by Gasteiger charge is 2.62. The highest BCUT2D eigenvalue weighted by atomic mass is 35.5. The lowest BCUT2D eigenvalue weighted by molar-refractivity contribution is -0.118. The molecule has 0 aromatic heterocycles. The lowest BCUT2D eigenvalue weighted by Crippen LogP contribution is -2.48. The van der Waals surface area contributed by atoms with Gasteiger partial charge in [0, 0.05) is 46.2 Å². The molecule has 5 N–H and O–H groups in total. The molecule has 252 valence electrons. The van der Waals surface area contributed by atoms with E-state index in [1.807, 2.05) is 30.3 Å². The number of rotatable bonds is 12. The quantitative estimate of drug-likeness (QED) is 0.147. The number of hydrogen-bond donors (Lipinski definition) is 4. The van der Waals surface area contributed by atoms with Crippen molar-refractivity contribution >= 4 is 46.5 Å². The lowest BCUT2D eigenvalue weighted by atomic mass is 9.63. The predicted molar refractivity (Wildman–Crippen MR) is 190 cm³/mol. The van der Waals surface area contributed by atoms with Crippen molar-refractivity contribution in [1.29, 1.82) is 0 Å². The SMILES string of the molecule is COc1cc(C(=O)O)ccc1NC(=O)[C@@H]1N[C@@H](CC(C)(C)C)[C@@]2(CN(CCCCCCN)c3ccc(Cl)cc32)[C@H]1c1ccccc1Cl. The van der Waals surface area contributed by atoms with Gasteiger partial charge in [0.15, 0.2) is 0 Å². The van der Waals surface area contributed by atoms with Gasteiger partial charge in [-0.3, -0.25) is 4.79 Å². The molecule has 5 rings (SSSR count). The molecule has 1 amide bonds. The number of fused-ring (bicyclic) bond motifs is 2.